The minimum atomic E-state index is 0.157. The molecule has 0 unspecified atom stereocenters. The summed E-state index contributed by atoms with van der Waals surface area (Å²) in [6, 6.07) is 10.9. The molecule has 0 bridgehead atoms. The minimum absolute atomic E-state index is 0.157. The molecule has 0 aliphatic carbocycles. The zero-order valence-corrected chi connectivity index (χ0v) is 12.0. The average molecular weight is 319 g/mol. The van der Waals surface area contributed by atoms with E-state index in [1.165, 1.54) is 6.07 Å². The average Bonchev–Trinajstić information content (AvgIpc) is 2.41. The van der Waals surface area contributed by atoms with Crippen molar-refractivity contribution in [1.82, 2.24) is 4.98 Å². The van der Waals surface area contributed by atoms with E-state index in [1.54, 1.807) is 0 Å². The van der Waals surface area contributed by atoms with Crippen molar-refractivity contribution in [3.63, 3.8) is 0 Å². The summed E-state index contributed by atoms with van der Waals surface area (Å²) in [4.78, 5) is 3.94. The van der Waals surface area contributed by atoms with Crippen LogP contribution in [0.4, 0.5) is 0 Å². The van der Waals surface area contributed by atoms with Crippen LogP contribution >= 0.6 is 34.8 Å². The lowest BCUT2D eigenvalue weighted by atomic mass is 10.3. The quantitative estimate of drug-likeness (QED) is 0.601. The van der Waals surface area contributed by atoms with Crippen LogP contribution in [0.2, 0.25) is 15.2 Å². The van der Waals surface area contributed by atoms with Crippen LogP contribution in [0, 0.1) is 0 Å². The van der Waals surface area contributed by atoms with E-state index in [0.717, 1.165) is 5.75 Å². The molecule has 0 fully saturated rings. The summed E-state index contributed by atoms with van der Waals surface area (Å²) in [5.74, 6) is 1.02. The molecule has 0 saturated carbocycles. The number of ether oxygens (including phenoxy) is 2. The van der Waals surface area contributed by atoms with Gasteiger partial charge in [0, 0.05) is 0 Å². The summed E-state index contributed by atoms with van der Waals surface area (Å²) in [6.07, 6.45) is 0. The minimum Gasteiger partial charge on any atom is -0.490 e. The number of hydrogen-bond acceptors (Lipinski definition) is 3. The van der Waals surface area contributed by atoms with Gasteiger partial charge in [-0.15, -0.1) is 0 Å². The largest absolute Gasteiger partial charge is 0.490 e. The van der Waals surface area contributed by atoms with Gasteiger partial charge in [0.1, 0.15) is 24.0 Å². The summed E-state index contributed by atoms with van der Waals surface area (Å²) in [6.45, 7) is 0.682. The van der Waals surface area contributed by atoms with E-state index in [0.29, 0.717) is 23.3 Å². The molecule has 3 nitrogen and oxygen atoms in total. The van der Waals surface area contributed by atoms with Gasteiger partial charge in [-0.05, 0) is 18.2 Å². The second-order valence-corrected chi connectivity index (χ2v) is 4.73. The maximum absolute atomic E-state index is 5.93. The van der Waals surface area contributed by atoms with Crippen LogP contribution in [0.25, 0.3) is 0 Å². The molecule has 100 valence electrons. The number of para-hydroxylation sites is 1. The molecular formula is C13H10Cl3NO2. The third kappa shape index (κ3) is 4.16. The lowest BCUT2D eigenvalue weighted by molar-refractivity contribution is 0.212. The van der Waals surface area contributed by atoms with Crippen molar-refractivity contribution < 1.29 is 9.47 Å². The van der Waals surface area contributed by atoms with Crippen LogP contribution in [-0.4, -0.2) is 18.2 Å². The second-order valence-electron chi connectivity index (χ2n) is 3.56. The SMILES string of the molecule is Clc1cc(Cl)c(OCCOc2ccccc2)nc1Cl. The molecule has 0 N–H and O–H groups in total. The molecule has 0 aliphatic rings. The number of aromatic nitrogens is 1. The molecule has 0 aliphatic heterocycles. The number of hydrogen-bond donors (Lipinski definition) is 0. The highest BCUT2D eigenvalue weighted by Gasteiger charge is 2.08. The molecule has 0 spiro atoms. The summed E-state index contributed by atoms with van der Waals surface area (Å²) in [5, 5.41) is 0.763. The molecular weight excluding hydrogens is 309 g/mol. The van der Waals surface area contributed by atoms with Crippen molar-refractivity contribution in [2.75, 3.05) is 13.2 Å². The Morgan fingerprint density at radius 2 is 1.58 bits per heavy atom. The predicted octanol–water partition coefficient (Wildman–Crippen LogP) is 4.50. The fourth-order valence-corrected chi connectivity index (χ4v) is 1.89. The molecule has 1 aromatic carbocycles. The summed E-state index contributed by atoms with van der Waals surface area (Å²) < 4.78 is 10.8. The van der Waals surface area contributed by atoms with Crippen molar-refractivity contribution in [2.24, 2.45) is 0 Å². The van der Waals surface area contributed by atoms with Crippen molar-refractivity contribution in [2.45, 2.75) is 0 Å². The van der Waals surface area contributed by atoms with Crippen LogP contribution in [0.5, 0.6) is 11.6 Å². The number of rotatable bonds is 5. The van der Waals surface area contributed by atoms with Gasteiger partial charge in [-0.2, -0.15) is 4.98 Å². The fourth-order valence-electron chi connectivity index (χ4n) is 1.34. The molecule has 0 radical (unpaired) electrons. The molecule has 6 heteroatoms. The smallest absolute Gasteiger partial charge is 0.234 e. The summed E-state index contributed by atoms with van der Waals surface area (Å²) >= 11 is 17.5. The molecule has 0 amide bonds. The highest BCUT2D eigenvalue weighted by atomic mass is 35.5. The third-order valence-electron chi connectivity index (χ3n) is 2.19. The van der Waals surface area contributed by atoms with Crippen molar-refractivity contribution in [3.05, 3.63) is 51.6 Å². The molecule has 0 saturated heterocycles. The Morgan fingerprint density at radius 1 is 0.895 bits per heavy atom. The first-order chi connectivity index (χ1) is 9.16. The van der Waals surface area contributed by atoms with Gasteiger partial charge >= 0.3 is 0 Å². The number of halogens is 3. The van der Waals surface area contributed by atoms with Crippen molar-refractivity contribution in [1.29, 1.82) is 0 Å². The van der Waals surface area contributed by atoms with E-state index < -0.39 is 0 Å². The highest BCUT2D eigenvalue weighted by Crippen LogP contribution is 2.30. The Hall–Kier alpha value is -1.16. The van der Waals surface area contributed by atoms with Crippen molar-refractivity contribution in [3.8, 4) is 11.6 Å². The van der Waals surface area contributed by atoms with Gasteiger partial charge in [-0.25, -0.2) is 0 Å². The molecule has 0 atom stereocenters. The summed E-state index contributed by atoms with van der Waals surface area (Å²) in [5.41, 5.74) is 0. The Morgan fingerprint density at radius 3 is 2.32 bits per heavy atom. The zero-order valence-electron chi connectivity index (χ0n) is 9.78. The van der Waals surface area contributed by atoms with Crippen molar-refractivity contribution >= 4 is 34.8 Å². The topological polar surface area (TPSA) is 31.4 Å². The van der Waals surface area contributed by atoms with E-state index >= 15 is 0 Å². The van der Waals surface area contributed by atoms with Crippen LogP contribution in [-0.2, 0) is 0 Å². The number of pyridine rings is 1. The van der Waals surface area contributed by atoms with Gasteiger partial charge in [0.15, 0.2) is 5.15 Å². The fraction of sp³-hybridized carbons (Fsp3) is 0.154. The first kappa shape index (κ1) is 14.3. The predicted molar refractivity (Wildman–Crippen MR) is 76.7 cm³/mol. The molecule has 2 aromatic rings. The van der Waals surface area contributed by atoms with E-state index in [1.807, 2.05) is 30.3 Å². The maximum atomic E-state index is 5.93. The normalized spacial score (nSPS) is 10.3. The maximum Gasteiger partial charge on any atom is 0.234 e. The number of nitrogens with zero attached hydrogens (tertiary/aromatic N) is 1. The lowest BCUT2D eigenvalue weighted by Crippen LogP contribution is -2.10. The Kier molecular flexibility index (Phi) is 5.14. The Labute approximate surface area is 126 Å². The van der Waals surface area contributed by atoms with Gasteiger partial charge in [-0.1, -0.05) is 53.0 Å². The van der Waals surface area contributed by atoms with Gasteiger partial charge in [-0.3, -0.25) is 0 Å². The van der Waals surface area contributed by atoms with Crippen LogP contribution in [0.3, 0.4) is 0 Å². The van der Waals surface area contributed by atoms with E-state index in [9.17, 15) is 0 Å². The standard InChI is InChI=1S/C13H10Cl3NO2/c14-10-8-11(15)13(17-12(10)16)19-7-6-18-9-4-2-1-3-5-9/h1-5,8H,6-7H2. The summed E-state index contributed by atoms with van der Waals surface area (Å²) in [7, 11) is 0. The lowest BCUT2D eigenvalue weighted by Gasteiger charge is -2.09. The first-order valence-corrected chi connectivity index (χ1v) is 6.62. The molecule has 1 aromatic heterocycles. The van der Waals surface area contributed by atoms with E-state index in [4.69, 9.17) is 44.3 Å². The van der Waals surface area contributed by atoms with E-state index in [-0.39, 0.29) is 11.0 Å². The van der Waals surface area contributed by atoms with Gasteiger partial charge < -0.3 is 9.47 Å². The van der Waals surface area contributed by atoms with Gasteiger partial charge in [0.05, 0.1) is 5.02 Å². The third-order valence-corrected chi connectivity index (χ3v) is 3.13. The zero-order chi connectivity index (χ0) is 13.7. The van der Waals surface area contributed by atoms with Crippen LogP contribution in [0.1, 0.15) is 0 Å². The Bertz CT molecular complexity index is 549. The van der Waals surface area contributed by atoms with Crippen LogP contribution < -0.4 is 9.47 Å². The van der Waals surface area contributed by atoms with Crippen LogP contribution in [0.15, 0.2) is 36.4 Å². The van der Waals surface area contributed by atoms with E-state index in [2.05, 4.69) is 4.98 Å². The number of benzene rings is 1. The monoisotopic (exact) mass is 317 g/mol. The molecule has 19 heavy (non-hydrogen) atoms. The Balaban J connectivity index is 1.85. The van der Waals surface area contributed by atoms with Gasteiger partial charge in [0.25, 0.3) is 0 Å². The first-order valence-electron chi connectivity index (χ1n) is 5.49. The molecule has 2 rings (SSSR count). The second kappa shape index (κ2) is 6.85. The molecule has 1 heterocycles. The van der Waals surface area contributed by atoms with Gasteiger partial charge in [0.2, 0.25) is 5.88 Å². The highest BCUT2D eigenvalue weighted by molar-refractivity contribution is 6.42.